The zero-order valence-corrected chi connectivity index (χ0v) is 16.3. The molecule has 148 valence electrons. The summed E-state index contributed by atoms with van der Waals surface area (Å²) < 4.78 is 0. The Bertz CT molecular complexity index is 1010. The van der Waals surface area contributed by atoms with E-state index in [0.717, 1.165) is 16.8 Å². The standard InChI is InChI=1S/C22H23N5O2/c1-15-3-2-4-18(13-15)24-21(28)17-7-11-27(12-8-17)22(29)20-14-19(25-26-20)16-5-9-23-10-6-16/h2-6,9-10,13-14,17H,7-8,11-12H2,1H3,(H,24,28)(H,25,26). The highest BCUT2D eigenvalue weighted by Gasteiger charge is 2.28. The molecule has 4 rings (SSSR count). The van der Waals surface area contributed by atoms with Crippen molar-refractivity contribution in [3.05, 3.63) is 66.1 Å². The van der Waals surface area contributed by atoms with Gasteiger partial charge in [0.05, 0.1) is 5.69 Å². The van der Waals surface area contributed by atoms with E-state index in [4.69, 9.17) is 0 Å². The number of nitrogens with zero attached hydrogens (tertiary/aromatic N) is 3. The van der Waals surface area contributed by atoms with Gasteiger partial charge in [0, 0.05) is 42.7 Å². The summed E-state index contributed by atoms with van der Waals surface area (Å²) in [5.41, 5.74) is 3.99. The average Bonchev–Trinajstić information content (AvgIpc) is 3.24. The van der Waals surface area contributed by atoms with Gasteiger partial charge in [0.1, 0.15) is 5.69 Å². The molecule has 0 spiro atoms. The lowest BCUT2D eigenvalue weighted by Gasteiger charge is -2.31. The highest BCUT2D eigenvalue weighted by molar-refractivity contribution is 5.95. The lowest BCUT2D eigenvalue weighted by molar-refractivity contribution is -0.121. The van der Waals surface area contributed by atoms with Gasteiger partial charge in [-0.3, -0.25) is 19.7 Å². The minimum atomic E-state index is -0.0892. The number of aromatic amines is 1. The number of carbonyl (C=O) groups is 2. The number of H-pyrrole nitrogens is 1. The van der Waals surface area contributed by atoms with Crippen LogP contribution < -0.4 is 5.32 Å². The first-order chi connectivity index (χ1) is 14.1. The molecule has 0 bridgehead atoms. The third-order valence-electron chi connectivity index (χ3n) is 5.22. The van der Waals surface area contributed by atoms with Crippen molar-refractivity contribution in [2.75, 3.05) is 18.4 Å². The molecule has 2 aromatic heterocycles. The molecular weight excluding hydrogens is 366 g/mol. The summed E-state index contributed by atoms with van der Waals surface area (Å²) in [4.78, 5) is 31.1. The van der Waals surface area contributed by atoms with Gasteiger partial charge in [-0.25, -0.2) is 0 Å². The van der Waals surface area contributed by atoms with Crippen LogP contribution in [0.2, 0.25) is 0 Å². The molecule has 3 heterocycles. The summed E-state index contributed by atoms with van der Waals surface area (Å²) in [6, 6.07) is 13.2. The predicted molar refractivity (Wildman–Crippen MR) is 110 cm³/mol. The van der Waals surface area contributed by atoms with Crippen molar-refractivity contribution in [2.24, 2.45) is 5.92 Å². The van der Waals surface area contributed by atoms with Crippen LogP contribution >= 0.6 is 0 Å². The highest BCUT2D eigenvalue weighted by Crippen LogP contribution is 2.22. The van der Waals surface area contributed by atoms with E-state index in [0.29, 0.717) is 37.3 Å². The molecule has 1 aliphatic heterocycles. The van der Waals surface area contributed by atoms with E-state index >= 15 is 0 Å². The molecule has 1 saturated heterocycles. The van der Waals surface area contributed by atoms with Crippen molar-refractivity contribution in [3.8, 4) is 11.3 Å². The Morgan fingerprint density at radius 3 is 2.59 bits per heavy atom. The van der Waals surface area contributed by atoms with Crippen molar-refractivity contribution in [1.29, 1.82) is 0 Å². The molecule has 29 heavy (non-hydrogen) atoms. The fraction of sp³-hybridized carbons (Fsp3) is 0.273. The number of piperidine rings is 1. The quantitative estimate of drug-likeness (QED) is 0.716. The summed E-state index contributed by atoms with van der Waals surface area (Å²) in [5, 5.41) is 10.1. The number of benzene rings is 1. The number of anilines is 1. The van der Waals surface area contributed by atoms with E-state index < -0.39 is 0 Å². The van der Waals surface area contributed by atoms with E-state index in [-0.39, 0.29) is 17.7 Å². The number of hydrogen-bond donors (Lipinski definition) is 2. The van der Waals surface area contributed by atoms with Gasteiger partial charge in [-0.15, -0.1) is 0 Å². The summed E-state index contributed by atoms with van der Waals surface area (Å²) in [6.45, 7) is 3.10. The van der Waals surface area contributed by atoms with Crippen molar-refractivity contribution in [2.45, 2.75) is 19.8 Å². The highest BCUT2D eigenvalue weighted by atomic mass is 16.2. The van der Waals surface area contributed by atoms with Crippen LogP contribution in [0.4, 0.5) is 5.69 Å². The van der Waals surface area contributed by atoms with Gasteiger partial charge in [0.25, 0.3) is 5.91 Å². The number of nitrogens with one attached hydrogen (secondary N) is 2. The Kier molecular flexibility index (Phi) is 5.37. The smallest absolute Gasteiger partial charge is 0.271 e. The van der Waals surface area contributed by atoms with Gasteiger partial charge in [0.15, 0.2) is 0 Å². The number of likely N-dealkylation sites (tertiary alicyclic amines) is 1. The second kappa shape index (κ2) is 8.26. The Morgan fingerprint density at radius 2 is 1.86 bits per heavy atom. The molecule has 7 nitrogen and oxygen atoms in total. The van der Waals surface area contributed by atoms with Crippen molar-refractivity contribution < 1.29 is 9.59 Å². The Balaban J connectivity index is 1.34. The maximum Gasteiger partial charge on any atom is 0.271 e. The molecule has 7 heteroatoms. The van der Waals surface area contributed by atoms with Gasteiger partial charge in [-0.2, -0.15) is 5.10 Å². The normalized spacial score (nSPS) is 14.6. The topological polar surface area (TPSA) is 91.0 Å². The number of pyridine rings is 1. The van der Waals surface area contributed by atoms with Gasteiger partial charge in [-0.05, 0) is 55.7 Å². The number of aryl methyl sites for hydroxylation is 1. The number of aromatic nitrogens is 3. The monoisotopic (exact) mass is 389 g/mol. The third kappa shape index (κ3) is 4.34. The van der Waals surface area contributed by atoms with Crippen molar-refractivity contribution >= 4 is 17.5 Å². The van der Waals surface area contributed by atoms with Gasteiger partial charge < -0.3 is 10.2 Å². The SMILES string of the molecule is Cc1cccc(NC(=O)C2CCN(C(=O)c3cc(-c4ccncc4)n[nH]3)CC2)c1. The minimum Gasteiger partial charge on any atom is -0.337 e. The Morgan fingerprint density at radius 1 is 1.10 bits per heavy atom. The first-order valence-electron chi connectivity index (χ1n) is 9.73. The van der Waals surface area contributed by atoms with E-state index in [9.17, 15) is 9.59 Å². The molecule has 0 unspecified atom stereocenters. The molecule has 0 aliphatic carbocycles. The van der Waals surface area contributed by atoms with Crippen LogP contribution in [0.5, 0.6) is 0 Å². The van der Waals surface area contributed by atoms with Crippen LogP contribution in [0.25, 0.3) is 11.3 Å². The third-order valence-corrected chi connectivity index (χ3v) is 5.22. The molecule has 3 aromatic rings. The van der Waals surface area contributed by atoms with E-state index in [1.807, 2.05) is 43.3 Å². The Labute approximate surface area is 169 Å². The second-order valence-electron chi connectivity index (χ2n) is 7.33. The molecule has 1 aliphatic rings. The molecule has 0 atom stereocenters. The summed E-state index contributed by atoms with van der Waals surface area (Å²) in [5.74, 6) is -0.159. The lowest BCUT2D eigenvalue weighted by Crippen LogP contribution is -2.41. The summed E-state index contributed by atoms with van der Waals surface area (Å²) in [6.07, 6.45) is 4.68. The maximum absolute atomic E-state index is 12.8. The van der Waals surface area contributed by atoms with Gasteiger partial charge >= 0.3 is 0 Å². The van der Waals surface area contributed by atoms with Gasteiger partial charge in [0.2, 0.25) is 5.91 Å². The average molecular weight is 389 g/mol. The molecule has 1 fully saturated rings. The van der Waals surface area contributed by atoms with Crippen LogP contribution in [-0.2, 0) is 4.79 Å². The molecule has 0 radical (unpaired) electrons. The van der Waals surface area contributed by atoms with E-state index in [1.165, 1.54) is 0 Å². The van der Waals surface area contributed by atoms with E-state index in [2.05, 4.69) is 20.5 Å². The number of rotatable bonds is 4. The molecule has 0 saturated carbocycles. The van der Waals surface area contributed by atoms with Gasteiger partial charge in [-0.1, -0.05) is 12.1 Å². The van der Waals surface area contributed by atoms with Crippen molar-refractivity contribution in [3.63, 3.8) is 0 Å². The number of amides is 2. The zero-order valence-electron chi connectivity index (χ0n) is 16.3. The molecule has 2 N–H and O–H groups in total. The van der Waals surface area contributed by atoms with Crippen molar-refractivity contribution in [1.82, 2.24) is 20.1 Å². The first kappa shape index (κ1) is 18.9. The maximum atomic E-state index is 12.8. The van der Waals surface area contributed by atoms with Crippen LogP contribution in [0, 0.1) is 12.8 Å². The number of carbonyl (C=O) groups excluding carboxylic acids is 2. The minimum absolute atomic E-state index is 0.0178. The van der Waals surface area contributed by atoms with Crippen LogP contribution in [0.3, 0.4) is 0 Å². The molecule has 2 amide bonds. The lowest BCUT2D eigenvalue weighted by atomic mass is 9.95. The first-order valence-corrected chi connectivity index (χ1v) is 9.73. The molecular formula is C22H23N5O2. The predicted octanol–water partition coefficient (Wildman–Crippen LogP) is 3.27. The second-order valence-corrected chi connectivity index (χ2v) is 7.33. The van der Waals surface area contributed by atoms with Crippen LogP contribution in [-0.4, -0.2) is 45.0 Å². The zero-order chi connectivity index (χ0) is 20.2. The van der Waals surface area contributed by atoms with Crippen LogP contribution in [0.15, 0.2) is 54.9 Å². The largest absolute Gasteiger partial charge is 0.337 e. The number of hydrogen-bond acceptors (Lipinski definition) is 4. The van der Waals surface area contributed by atoms with Crippen LogP contribution in [0.1, 0.15) is 28.9 Å². The fourth-order valence-corrected chi connectivity index (χ4v) is 3.58. The molecule has 1 aromatic carbocycles. The summed E-state index contributed by atoms with van der Waals surface area (Å²) >= 11 is 0. The fourth-order valence-electron chi connectivity index (χ4n) is 3.58. The summed E-state index contributed by atoms with van der Waals surface area (Å²) in [7, 11) is 0. The Hall–Kier alpha value is -3.48. The van der Waals surface area contributed by atoms with E-state index in [1.54, 1.807) is 23.4 Å².